The van der Waals surface area contributed by atoms with E-state index in [-0.39, 0.29) is 27.8 Å². The molecule has 3 rings (SSSR count). The molecule has 9 heteroatoms. The van der Waals surface area contributed by atoms with Crippen molar-refractivity contribution in [2.45, 2.75) is 37.1 Å². The van der Waals surface area contributed by atoms with Crippen molar-refractivity contribution in [2.75, 3.05) is 26.1 Å². The molecule has 0 saturated carbocycles. The van der Waals surface area contributed by atoms with Gasteiger partial charge in [-0.3, -0.25) is 4.79 Å². The monoisotopic (exact) mass is 446 g/mol. The lowest BCUT2D eigenvalue weighted by Crippen LogP contribution is -2.41. The van der Waals surface area contributed by atoms with E-state index in [4.69, 9.17) is 9.47 Å². The topological polar surface area (TPSA) is 102 Å². The molecule has 1 unspecified atom stereocenters. The zero-order chi connectivity index (χ0) is 22.6. The Bertz CT molecular complexity index is 1080. The van der Waals surface area contributed by atoms with Crippen LogP contribution in [0.5, 0.6) is 5.75 Å². The molecule has 1 N–H and O–H groups in total. The first-order chi connectivity index (χ1) is 14.8. The minimum atomic E-state index is -3.71. The lowest BCUT2D eigenvalue weighted by atomic mass is 10.1. The molecular weight excluding hydrogens is 420 g/mol. The number of carbonyl (C=O) groups is 2. The fraction of sp³-hybridized carbons (Fsp3) is 0.364. The van der Waals surface area contributed by atoms with Crippen molar-refractivity contribution in [2.24, 2.45) is 0 Å². The van der Waals surface area contributed by atoms with Crippen LogP contribution in [0.15, 0.2) is 47.4 Å². The first kappa shape index (κ1) is 22.8. The number of ether oxygens (including phenoxy) is 2. The SMILES string of the molecule is COC(=O)c1cc(OC)ccc1NC(=O)c1cccc(S(=O)(=O)N2CCCCC2C)c1. The Morgan fingerprint density at radius 2 is 1.87 bits per heavy atom. The Morgan fingerprint density at radius 3 is 2.55 bits per heavy atom. The smallest absolute Gasteiger partial charge is 0.340 e. The molecule has 1 aliphatic heterocycles. The van der Waals surface area contributed by atoms with E-state index >= 15 is 0 Å². The van der Waals surface area contributed by atoms with Gasteiger partial charge < -0.3 is 14.8 Å². The fourth-order valence-corrected chi connectivity index (χ4v) is 5.34. The van der Waals surface area contributed by atoms with Crippen LogP contribution >= 0.6 is 0 Å². The number of benzene rings is 2. The first-order valence-electron chi connectivity index (χ1n) is 9.97. The van der Waals surface area contributed by atoms with Gasteiger partial charge >= 0.3 is 5.97 Å². The molecular formula is C22H26N2O6S. The number of amides is 1. The Kier molecular flexibility index (Phi) is 6.97. The lowest BCUT2D eigenvalue weighted by molar-refractivity contribution is 0.0601. The summed E-state index contributed by atoms with van der Waals surface area (Å²) in [5.41, 5.74) is 0.522. The van der Waals surface area contributed by atoms with E-state index in [1.54, 1.807) is 6.07 Å². The molecule has 1 amide bonds. The molecule has 0 aromatic heterocycles. The summed E-state index contributed by atoms with van der Waals surface area (Å²) in [5, 5.41) is 2.66. The van der Waals surface area contributed by atoms with E-state index in [1.165, 1.54) is 54.9 Å². The summed E-state index contributed by atoms with van der Waals surface area (Å²) in [6.07, 6.45) is 2.63. The molecule has 1 atom stereocenters. The normalized spacial score (nSPS) is 17.1. The van der Waals surface area contributed by atoms with Crippen LogP contribution < -0.4 is 10.1 Å². The zero-order valence-electron chi connectivity index (χ0n) is 17.8. The van der Waals surface area contributed by atoms with Gasteiger partial charge in [-0.1, -0.05) is 12.5 Å². The largest absolute Gasteiger partial charge is 0.497 e. The third kappa shape index (κ3) is 4.88. The molecule has 0 spiro atoms. The van der Waals surface area contributed by atoms with E-state index in [0.717, 1.165) is 19.3 Å². The molecule has 0 radical (unpaired) electrons. The van der Waals surface area contributed by atoms with Crippen LogP contribution in [0, 0.1) is 0 Å². The van der Waals surface area contributed by atoms with Gasteiger partial charge in [0.15, 0.2) is 0 Å². The minimum absolute atomic E-state index is 0.0665. The number of methoxy groups -OCH3 is 2. The van der Waals surface area contributed by atoms with Crippen molar-refractivity contribution >= 4 is 27.6 Å². The molecule has 1 fully saturated rings. The van der Waals surface area contributed by atoms with E-state index < -0.39 is 21.9 Å². The summed E-state index contributed by atoms with van der Waals surface area (Å²) in [6, 6.07) is 10.4. The average Bonchev–Trinajstić information content (AvgIpc) is 2.79. The van der Waals surface area contributed by atoms with Gasteiger partial charge in [-0.05, 0) is 56.2 Å². The molecule has 0 aliphatic carbocycles. The van der Waals surface area contributed by atoms with Crippen LogP contribution in [0.4, 0.5) is 5.69 Å². The summed E-state index contributed by atoms with van der Waals surface area (Å²) in [6.45, 7) is 2.36. The van der Waals surface area contributed by atoms with Crippen molar-refractivity contribution in [1.29, 1.82) is 0 Å². The quantitative estimate of drug-likeness (QED) is 0.683. The second kappa shape index (κ2) is 9.49. The van der Waals surface area contributed by atoms with Gasteiger partial charge in [0.25, 0.3) is 5.91 Å². The predicted octanol–water partition coefficient (Wildman–Crippen LogP) is 3.30. The van der Waals surface area contributed by atoms with Crippen molar-refractivity contribution < 1.29 is 27.5 Å². The summed E-state index contributed by atoms with van der Waals surface area (Å²) in [4.78, 5) is 25.0. The van der Waals surface area contributed by atoms with Crippen molar-refractivity contribution in [3.63, 3.8) is 0 Å². The van der Waals surface area contributed by atoms with Gasteiger partial charge in [-0.25, -0.2) is 13.2 Å². The summed E-state index contributed by atoms with van der Waals surface area (Å²) < 4.78 is 37.6. The average molecular weight is 447 g/mol. The predicted molar refractivity (Wildman–Crippen MR) is 116 cm³/mol. The number of hydrogen-bond donors (Lipinski definition) is 1. The van der Waals surface area contributed by atoms with Crippen molar-refractivity contribution in [1.82, 2.24) is 4.31 Å². The van der Waals surface area contributed by atoms with E-state index in [1.807, 2.05) is 6.92 Å². The van der Waals surface area contributed by atoms with Crippen LogP contribution in [0.1, 0.15) is 46.9 Å². The van der Waals surface area contributed by atoms with Crippen LogP contribution in [-0.4, -0.2) is 51.4 Å². The maximum Gasteiger partial charge on any atom is 0.340 e. The van der Waals surface area contributed by atoms with Gasteiger partial charge in [0.1, 0.15) is 5.75 Å². The maximum atomic E-state index is 13.1. The molecule has 1 aliphatic rings. The second-order valence-corrected chi connectivity index (χ2v) is 9.24. The first-order valence-corrected chi connectivity index (χ1v) is 11.4. The third-order valence-electron chi connectivity index (χ3n) is 5.33. The number of hydrogen-bond acceptors (Lipinski definition) is 6. The van der Waals surface area contributed by atoms with Crippen LogP contribution in [0.25, 0.3) is 0 Å². The molecule has 2 aromatic rings. The number of sulfonamides is 1. The van der Waals surface area contributed by atoms with Gasteiger partial charge in [-0.15, -0.1) is 0 Å². The van der Waals surface area contributed by atoms with Crippen LogP contribution in [0.2, 0.25) is 0 Å². The Hall–Kier alpha value is -2.91. The molecule has 1 saturated heterocycles. The summed E-state index contributed by atoms with van der Waals surface area (Å²) >= 11 is 0. The number of nitrogens with zero attached hydrogens (tertiary/aromatic N) is 1. The number of carbonyl (C=O) groups excluding carboxylic acids is 2. The molecule has 2 aromatic carbocycles. The molecule has 31 heavy (non-hydrogen) atoms. The van der Waals surface area contributed by atoms with Crippen LogP contribution in [-0.2, 0) is 14.8 Å². The number of nitrogens with one attached hydrogen (secondary N) is 1. The highest BCUT2D eigenvalue weighted by Gasteiger charge is 2.31. The Morgan fingerprint density at radius 1 is 1.10 bits per heavy atom. The van der Waals surface area contributed by atoms with Gasteiger partial charge in [0, 0.05) is 18.2 Å². The van der Waals surface area contributed by atoms with E-state index in [2.05, 4.69) is 5.32 Å². The van der Waals surface area contributed by atoms with Crippen molar-refractivity contribution in [3.05, 3.63) is 53.6 Å². The Balaban J connectivity index is 1.88. The highest BCUT2D eigenvalue weighted by atomic mass is 32.2. The zero-order valence-corrected chi connectivity index (χ0v) is 18.6. The highest BCUT2D eigenvalue weighted by molar-refractivity contribution is 7.89. The van der Waals surface area contributed by atoms with Gasteiger partial charge in [-0.2, -0.15) is 4.31 Å². The standard InChI is InChI=1S/C22H26N2O6S/c1-15-7-4-5-12-24(15)31(27,28)18-9-6-8-16(13-18)21(25)23-20-11-10-17(29-2)14-19(20)22(26)30-3/h6,8-11,13-15H,4-5,7,12H2,1-3H3,(H,23,25). The lowest BCUT2D eigenvalue weighted by Gasteiger charge is -2.32. The molecule has 166 valence electrons. The fourth-order valence-electron chi connectivity index (χ4n) is 3.59. The number of piperidine rings is 1. The van der Waals surface area contributed by atoms with E-state index in [0.29, 0.717) is 12.3 Å². The minimum Gasteiger partial charge on any atom is -0.497 e. The van der Waals surface area contributed by atoms with Gasteiger partial charge in [0.05, 0.1) is 30.4 Å². The van der Waals surface area contributed by atoms with Crippen molar-refractivity contribution in [3.8, 4) is 5.75 Å². The third-order valence-corrected chi connectivity index (χ3v) is 7.33. The summed E-state index contributed by atoms with van der Waals surface area (Å²) in [5.74, 6) is -0.745. The van der Waals surface area contributed by atoms with Crippen LogP contribution in [0.3, 0.4) is 0 Å². The summed E-state index contributed by atoms with van der Waals surface area (Å²) in [7, 11) is -1.01. The maximum absolute atomic E-state index is 13.1. The number of anilines is 1. The molecule has 8 nitrogen and oxygen atoms in total. The number of esters is 1. The van der Waals surface area contributed by atoms with E-state index in [9.17, 15) is 18.0 Å². The number of rotatable bonds is 6. The van der Waals surface area contributed by atoms with Gasteiger partial charge in [0.2, 0.25) is 10.0 Å². The molecule has 1 heterocycles. The molecule has 0 bridgehead atoms. The second-order valence-electron chi connectivity index (χ2n) is 7.35. The highest BCUT2D eigenvalue weighted by Crippen LogP contribution is 2.27. The Labute approximate surface area is 182 Å².